The molecular formula is C29H31N3O4. The number of ether oxygens (including phenoxy) is 2. The van der Waals surface area contributed by atoms with Crippen LogP contribution in [0.1, 0.15) is 38.5 Å². The summed E-state index contributed by atoms with van der Waals surface area (Å²) in [6.07, 6.45) is 1.96. The molecule has 0 aliphatic heterocycles. The maximum Gasteiger partial charge on any atom is 0.251 e. The molecule has 0 saturated carbocycles. The van der Waals surface area contributed by atoms with Crippen LogP contribution >= 0.6 is 0 Å². The predicted octanol–water partition coefficient (Wildman–Crippen LogP) is 4.48. The number of amides is 2. The topological polar surface area (TPSA) is 92.5 Å². The highest BCUT2D eigenvalue weighted by Crippen LogP contribution is 2.40. The molecule has 0 aliphatic rings. The van der Waals surface area contributed by atoms with Crippen LogP contribution in [0, 0.1) is 13.8 Å². The molecule has 0 saturated heterocycles. The zero-order valence-corrected chi connectivity index (χ0v) is 21.0. The molecule has 1 aromatic heterocycles. The van der Waals surface area contributed by atoms with E-state index in [1.807, 2.05) is 80.7 Å². The molecule has 3 N–H and O–H groups in total. The lowest BCUT2D eigenvalue weighted by atomic mass is 9.90. The molecule has 7 heteroatoms. The minimum atomic E-state index is -0.278. The van der Waals surface area contributed by atoms with Crippen LogP contribution < -0.4 is 20.1 Å². The second-order valence-electron chi connectivity index (χ2n) is 8.79. The Hall–Kier alpha value is -4.26. The van der Waals surface area contributed by atoms with Gasteiger partial charge in [-0.3, -0.25) is 9.59 Å². The second-order valence-corrected chi connectivity index (χ2v) is 8.79. The Morgan fingerprint density at radius 1 is 0.889 bits per heavy atom. The third-order valence-electron chi connectivity index (χ3n) is 6.20. The molecule has 3 aromatic carbocycles. The molecule has 36 heavy (non-hydrogen) atoms. The van der Waals surface area contributed by atoms with E-state index in [4.69, 9.17) is 9.47 Å². The summed E-state index contributed by atoms with van der Waals surface area (Å²) in [5, 5.41) is 6.77. The van der Waals surface area contributed by atoms with E-state index in [0.29, 0.717) is 23.6 Å². The van der Waals surface area contributed by atoms with Crippen molar-refractivity contribution in [2.75, 3.05) is 27.3 Å². The van der Waals surface area contributed by atoms with Gasteiger partial charge in [-0.2, -0.15) is 0 Å². The van der Waals surface area contributed by atoms with Crippen molar-refractivity contribution in [2.24, 2.45) is 0 Å². The summed E-state index contributed by atoms with van der Waals surface area (Å²) < 4.78 is 11.2. The summed E-state index contributed by atoms with van der Waals surface area (Å²) >= 11 is 0. The van der Waals surface area contributed by atoms with Crippen LogP contribution in [0.3, 0.4) is 0 Å². The summed E-state index contributed by atoms with van der Waals surface area (Å²) in [5.74, 6) is 0.462. The van der Waals surface area contributed by atoms with Crippen LogP contribution in [0.25, 0.3) is 10.9 Å². The fraction of sp³-hybridized carbons (Fsp3) is 0.241. The number of aryl methyl sites for hydroxylation is 2. The van der Waals surface area contributed by atoms with Crippen LogP contribution in [0.4, 0.5) is 0 Å². The number of H-pyrrole nitrogens is 1. The maximum absolute atomic E-state index is 12.8. The normalized spacial score (nSPS) is 11.7. The number of carbonyl (C=O) groups is 2. The van der Waals surface area contributed by atoms with Crippen molar-refractivity contribution in [3.05, 3.63) is 94.7 Å². The third-order valence-corrected chi connectivity index (χ3v) is 6.20. The highest BCUT2D eigenvalue weighted by molar-refractivity contribution is 5.96. The van der Waals surface area contributed by atoms with Crippen LogP contribution in [-0.4, -0.2) is 44.1 Å². The number of para-hydroxylation sites is 2. The van der Waals surface area contributed by atoms with Crippen LogP contribution in [-0.2, 0) is 4.79 Å². The number of nitrogens with one attached hydrogen (secondary N) is 3. The Morgan fingerprint density at radius 3 is 2.36 bits per heavy atom. The van der Waals surface area contributed by atoms with E-state index < -0.39 is 0 Å². The van der Waals surface area contributed by atoms with Crippen molar-refractivity contribution in [3.63, 3.8) is 0 Å². The van der Waals surface area contributed by atoms with Crippen LogP contribution in [0.2, 0.25) is 0 Å². The number of aromatic nitrogens is 1. The number of fused-ring (bicyclic) bond motifs is 1. The van der Waals surface area contributed by atoms with Gasteiger partial charge in [0, 0.05) is 40.7 Å². The Balaban J connectivity index is 1.54. The van der Waals surface area contributed by atoms with Gasteiger partial charge >= 0.3 is 0 Å². The van der Waals surface area contributed by atoms with Crippen molar-refractivity contribution in [3.8, 4) is 11.5 Å². The van der Waals surface area contributed by atoms with E-state index in [-0.39, 0.29) is 24.3 Å². The van der Waals surface area contributed by atoms with Crippen molar-refractivity contribution in [2.45, 2.75) is 19.8 Å². The minimum absolute atomic E-state index is 0.123. The van der Waals surface area contributed by atoms with E-state index in [2.05, 4.69) is 15.6 Å². The van der Waals surface area contributed by atoms with Crippen molar-refractivity contribution < 1.29 is 19.1 Å². The van der Waals surface area contributed by atoms with Crippen LogP contribution in [0.15, 0.2) is 66.9 Å². The van der Waals surface area contributed by atoms with Crippen molar-refractivity contribution in [1.82, 2.24) is 15.6 Å². The lowest BCUT2D eigenvalue weighted by molar-refractivity contribution is -0.120. The largest absolute Gasteiger partial charge is 0.493 e. The molecule has 4 aromatic rings. The van der Waals surface area contributed by atoms with Gasteiger partial charge in [-0.1, -0.05) is 47.5 Å². The molecular weight excluding hydrogens is 454 g/mol. The maximum atomic E-state index is 12.8. The van der Waals surface area contributed by atoms with Gasteiger partial charge < -0.3 is 25.1 Å². The van der Waals surface area contributed by atoms with Gasteiger partial charge in [-0.05, 0) is 43.7 Å². The molecule has 7 nitrogen and oxygen atoms in total. The van der Waals surface area contributed by atoms with E-state index in [1.165, 1.54) is 0 Å². The third kappa shape index (κ3) is 5.35. The molecule has 0 aliphatic carbocycles. The van der Waals surface area contributed by atoms with Gasteiger partial charge in [0.2, 0.25) is 5.91 Å². The summed E-state index contributed by atoms with van der Waals surface area (Å²) in [7, 11) is 3.21. The number of aromatic amines is 1. The summed E-state index contributed by atoms with van der Waals surface area (Å²) in [6.45, 7) is 4.06. The van der Waals surface area contributed by atoms with Gasteiger partial charge in [-0.25, -0.2) is 0 Å². The van der Waals surface area contributed by atoms with Gasteiger partial charge in [0.25, 0.3) is 5.91 Å². The smallest absolute Gasteiger partial charge is 0.251 e. The van der Waals surface area contributed by atoms with Gasteiger partial charge in [0.15, 0.2) is 11.5 Å². The van der Waals surface area contributed by atoms with Crippen LogP contribution in [0.5, 0.6) is 11.5 Å². The van der Waals surface area contributed by atoms with Gasteiger partial charge in [0.05, 0.1) is 20.8 Å². The number of carbonyl (C=O) groups excluding carboxylic acids is 2. The number of hydrogen-bond donors (Lipinski definition) is 3. The van der Waals surface area contributed by atoms with E-state index in [1.54, 1.807) is 14.2 Å². The van der Waals surface area contributed by atoms with E-state index in [9.17, 15) is 9.59 Å². The second kappa shape index (κ2) is 11.0. The molecule has 0 fully saturated rings. The average molecular weight is 486 g/mol. The lowest BCUT2D eigenvalue weighted by Crippen LogP contribution is -2.38. The number of hydrogen-bond acceptors (Lipinski definition) is 4. The Morgan fingerprint density at radius 2 is 1.64 bits per heavy atom. The fourth-order valence-electron chi connectivity index (χ4n) is 4.60. The number of methoxy groups -OCH3 is 2. The van der Waals surface area contributed by atoms with Gasteiger partial charge in [-0.15, -0.1) is 0 Å². The highest BCUT2D eigenvalue weighted by atomic mass is 16.5. The molecule has 2 amide bonds. The lowest BCUT2D eigenvalue weighted by Gasteiger charge is -2.22. The van der Waals surface area contributed by atoms with E-state index >= 15 is 0 Å². The Bertz CT molecular complexity index is 1370. The quantitative estimate of drug-likeness (QED) is 0.326. The average Bonchev–Trinajstić information content (AvgIpc) is 3.30. The number of benzene rings is 3. The monoisotopic (exact) mass is 485 g/mol. The summed E-state index contributed by atoms with van der Waals surface area (Å²) in [5.41, 5.74) is 5.46. The molecule has 0 spiro atoms. The molecule has 1 heterocycles. The minimum Gasteiger partial charge on any atom is -0.493 e. The first kappa shape index (κ1) is 24.9. The Labute approximate surface area is 210 Å². The van der Waals surface area contributed by atoms with E-state index in [0.717, 1.165) is 33.2 Å². The standard InChI is InChI=1S/C29H31N3O4/c1-18-12-19(2)14-20(13-18)29(34)32-17-27(33)31-16-24(22-9-7-11-26(35-3)28(22)36-4)23-15-30-25-10-6-5-8-21(23)25/h5-15,24,30H,16-17H2,1-4H3,(H,31,33)(H,32,34). The first-order chi connectivity index (χ1) is 17.4. The Kier molecular flexibility index (Phi) is 7.59. The summed E-state index contributed by atoms with van der Waals surface area (Å²) in [6, 6.07) is 19.4. The molecule has 1 atom stereocenters. The van der Waals surface area contributed by atoms with Crippen molar-refractivity contribution in [1.29, 1.82) is 0 Å². The molecule has 186 valence electrons. The predicted molar refractivity (Wildman–Crippen MR) is 141 cm³/mol. The van der Waals surface area contributed by atoms with Crippen molar-refractivity contribution >= 4 is 22.7 Å². The molecule has 0 radical (unpaired) electrons. The zero-order valence-electron chi connectivity index (χ0n) is 21.0. The summed E-state index contributed by atoms with van der Waals surface area (Å²) in [4.78, 5) is 28.7. The molecule has 0 bridgehead atoms. The fourth-order valence-corrected chi connectivity index (χ4v) is 4.60. The molecule has 4 rings (SSSR count). The molecule has 1 unspecified atom stereocenters. The first-order valence-corrected chi connectivity index (χ1v) is 11.8. The number of rotatable bonds is 9. The SMILES string of the molecule is COc1cccc(C(CNC(=O)CNC(=O)c2cc(C)cc(C)c2)c2c[nH]c3ccccc23)c1OC. The zero-order chi connectivity index (χ0) is 25.7. The first-order valence-electron chi connectivity index (χ1n) is 11.8. The highest BCUT2D eigenvalue weighted by Gasteiger charge is 2.24. The van der Waals surface area contributed by atoms with Gasteiger partial charge in [0.1, 0.15) is 0 Å².